The van der Waals surface area contributed by atoms with Gasteiger partial charge in [-0.25, -0.2) is 0 Å². The molecule has 2 heterocycles. The Kier molecular flexibility index (Phi) is 6.43. The topological polar surface area (TPSA) is 119 Å². The molecule has 2 amide bonds. The molecule has 4 rings (SSSR count). The van der Waals surface area contributed by atoms with E-state index >= 15 is 0 Å². The number of aromatic nitrogens is 3. The van der Waals surface area contributed by atoms with Gasteiger partial charge >= 0.3 is 0 Å². The molecular weight excluding hydrogens is 438 g/mol. The fourth-order valence-electron chi connectivity index (χ4n) is 2.61. The van der Waals surface area contributed by atoms with Gasteiger partial charge in [-0.1, -0.05) is 58.6 Å². The third-order valence-electron chi connectivity index (χ3n) is 3.97. The Morgan fingerprint density at radius 2 is 1.90 bits per heavy atom. The lowest BCUT2D eigenvalue weighted by molar-refractivity contribution is -0.118. The van der Waals surface area contributed by atoms with Gasteiger partial charge in [0.1, 0.15) is 11.5 Å². The fraction of sp³-hybridized carbons (Fsp3) is 0.150. The number of anilines is 2. The molecule has 31 heavy (non-hydrogen) atoms. The van der Waals surface area contributed by atoms with Crippen molar-refractivity contribution < 1.29 is 18.8 Å². The highest BCUT2D eigenvalue weighted by Crippen LogP contribution is 2.26. The normalized spacial score (nSPS) is 10.7. The molecule has 2 aromatic carbocycles. The number of hydrogen-bond acceptors (Lipinski definition) is 9. The lowest BCUT2D eigenvalue weighted by atomic mass is 10.1. The van der Waals surface area contributed by atoms with Gasteiger partial charge in [0.05, 0.1) is 5.75 Å². The summed E-state index contributed by atoms with van der Waals surface area (Å²) in [6.07, 6.45) is 0. The SMILES string of the molecule is Cc1cc(NC(=O)CSc2nnc(NC(=O)COc3ccc4ccccc4c3)s2)no1. The molecule has 4 aromatic rings. The number of benzene rings is 2. The van der Waals surface area contributed by atoms with Gasteiger partial charge in [0.25, 0.3) is 5.91 Å². The van der Waals surface area contributed by atoms with E-state index in [1.54, 1.807) is 13.0 Å². The lowest BCUT2D eigenvalue weighted by Gasteiger charge is -2.06. The maximum atomic E-state index is 12.1. The molecule has 11 heteroatoms. The number of fused-ring (bicyclic) bond motifs is 1. The second kappa shape index (κ2) is 9.58. The predicted octanol–water partition coefficient (Wildman–Crippen LogP) is 3.74. The average Bonchev–Trinajstić information content (AvgIpc) is 3.39. The Labute approximate surface area is 185 Å². The minimum atomic E-state index is -0.347. The van der Waals surface area contributed by atoms with Crippen molar-refractivity contribution >= 4 is 56.6 Å². The van der Waals surface area contributed by atoms with Crippen molar-refractivity contribution in [2.24, 2.45) is 0 Å². The second-order valence-corrected chi connectivity index (χ2v) is 8.58. The van der Waals surface area contributed by atoms with Crippen LogP contribution in [0.1, 0.15) is 5.76 Å². The summed E-state index contributed by atoms with van der Waals surface area (Å²) >= 11 is 2.38. The zero-order valence-corrected chi connectivity index (χ0v) is 18.0. The van der Waals surface area contributed by atoms with Crippen LogP contribution in [0.2, 0.25) is 0 Å². The highest BCUT2D eigenvalue weighted by atomic mass is 32.2. The molecule has 9 nitrogen and oxygen atoms in total. The molecule has 158 valence electrons. The van der Waals surface area contributed by atoms with Crippen LogP contribution < -0.4 is 15.4 Å². The van der Waals surface area contributed by atoms with Crippen molar-refractivity contribution in [3.05, 3.63) is 54.3 Å². The van der Waals surface area contributed by atoms with Crippen molar-refractivity contribution in [3.8, 4) is 5.75 Å². The maximum absolute atomic E-state index is 12.1. The molecule has 0 bridgehead atoms. The van der Waals surface area contributed by atoms with Gasteiger partial charge in [0.2, 0.25) is 11.0 Å². The zero-order valence-electron chi connectivity index (χ0n) is 16.3. The number of nitrogens with one attached hydrogen (secondary N) is 2. The molecule has 0 aliphatic heterocycles. The first-order chi connectivity index (χ1) is 15.0. The number of rotatable bonds is 8. The van der Waals surface area contributed by atoms with Crippen molar-refractivity contribution in [2.75, 3.05) is 23.0 Å². The summed E-state index contributed by atoms with van der Waals surface area (Å²) in [6, 6.07) is 15.2. The van der Waals surface area contributed by atoms with E-state index < -0.39 is 0 Å². The largest absolute Gasteiger partial charge is 0.484 e. The summed E-state index contributed by atoms with van der Waals surface area (Å²) in [6.45, 7) is 1.58. The minimum absolute atomic E-state index is 0.125. The van der Waals surface area contributed by atoms with Crippen molar-refractivity contribution in [1.82, 2.24) is 15.4 Å². The number of carbonyl (C=O) groups excluding carboxylic acids is 2. The molecule has 0 atom stereocenters. The standard InChI is InChI=1S/C20H17N5O4S2/c1-12-8-16(25-29-12)21-18(27)11-30-20-24-23-19(31-20)22-17(26)10-28-15-7-6-13-4-2-3-5-14(13)9-15/h2-9H,10-11H2,1H3,(H,21,25,27)(H,22,23,26). The first kappa shape index (κ1) is 20.8. The first-order valence-electron chi connectivity index (χ1n) is 9.16. The van der Waals surface area contributed by atoms with Gasteiger partial charge in [-0.2, -0.15) is 0 Å². The molecule has 0 aliphatic rings. The number of carbonyl (C=O) groups is 2. The van der Waals surface area contributed by atoms with Crippen LogP contribution in [-0.2, 0) is 9.59 Å². The van der Waals surface area contributed by atoms with Crippen molar-refractivity contribution in [3.63, 3.8) is 0 Å². The molecule has 0 spiro atoms. The summed E-state index contributed by atoms with van der Waals surface area (Å²) in [7, 11) is 0. The molecule has 0 fully saturated rings. The third kappa shape index (κ3) is 5.80. The summed E-state index contributed by atoms with van der Waals surface area (Å²) in [5.74, 6) is 1.11. The summed E-state index contributed by atoms with van der Waals surface area (Å²) < 4.78 is 11.0. The summed E-state index contributed by atoms with van der Waals surface area (Å²) in [4.78, 5) is 24.1. The molecule has 0 radical (unpaired) electrons. The van der Waals surface area contributed by atoms with E-state index in [4.69, 9.17) is 9.26 Å². The van der Waals surface area contributed by atoms with Gasteiger partial charge in [0.15, 0.2) is 16.8 Å². The van der Waals surface area contributed by atoms with Crippen LogP contribution in [0, 0.1) is 6.92 Å². The van der Waals surface area contributed by atoms with E-state index in [9.17, 15) is 9.59 Å². The van der Waals surface area contributed by atoms with Crippen LogP contribution in [0.3, 0.4) is 0 Å². The van der Waals surface area contributed by atoms with E-state index in [1.165, 1.54) is 23.1 Å². The highest BCUT2D eigenvalue weighted by molar-refractivity contribution is 8.01. The smallest absolute Gasteiger partial charge is 0.264 e. The molecular formula is C20H17N5O4S2. The minimum Gasteiger partial charge on any atom is -0.484 e. The number of ether oxygens (including phenoxy) is 1. The Balaban J connectivity index is 1.23. The second-order valence-electron chi connectivity index (χ2n) is 6.38. The lowest BCUT2D eigenvalue weighted by Crippen LogP contribution is -2.20. The zero-order chi connectivity index (χ0) is 21.6. The Hall–Kier alpha value is -3.44. The number of thioether (sulfide) groups is 1. The summed E-state index contributed by atoms with van der Waals surface area (Å²) in [5, 5.41) is 19.3. The third-order valence-corrected chi connectivity index (χ3v) is 5.94. The van der Waals surface area contributed by atoms with E-state index in [2.05, 4.69) is 26.0 Å². The fourth-order valence-corrected chi connectivity index (χ4v) is 4.18. The number of aryl methyl sites for hydroxylation is 1. The Morgan fingerprint density at radius 3 is 2.71 bits per heavy atom. The van der Waals surface area contributed by atoms with E-state index in [0.717, 1.165) is 10.8 Å². The quantitative estimate of drug-likeness (QED) is 0.305. The molecule has 0 saturated carbocycles. The van der Waals surface area contributed by atoms with Crippen LogP contribution in [0.25, 0.3) is 10.8 Å². The van der Waals surface area contributed by atoms with Crippen LogP contribution in [0.15, 0.2) is 57.4 Å². The molecule has 2 N–H and O–H groups in total. The number of amides is 2. The average molecular weight is 456 g/mol. The summed E-state index contributed by atoms with van der Waals surface area (Å²) in [5.41, 5.74) is 0. The Bertz CT molecular complexity index is 1220. The maximum Gasteiger partial charge on any atom is 0.264 e. The van der Waals surface area contributed by atoms with Crippen LogP contribution in [0.5, 0.6) is 5.75 Å². The van der Waals surface area contributed by atoms with E-state index in [0.29, 0.717) is 26.8 Å². The highest BCUT2D eigenvalue weighted by Gasteiger charge is 2.12. The van der Waals surface area contributed by atoms with Crippen molar-refractivity contribution in [1.29, 1.82) is 0 Å². The van der Waals surface area contributed by atoms with Crippen molar-refractivity contribution in [2.45, 2.75) is 11.3 Å². The Morgan fingerprint density at radius 1 is 1.06 bits per heavy atom. The number of nitrogens with zero attached hydrogens (tertiary/aromatic N) is 3. The molecule has 0 aliphatic carbocycles. The van der Waals surface area contributed by atoms with Crippen LogP contribution >= 0.6 is 23.1 Å². The van der Waals surface area contributed by atoms with Crippen LogP contribution in [-0.4, -0.2) is 39.5 Å². The van der Waals surface area contributed by atoms with Gasteiger partial charge in [0, 0.05) is 6.07 Å². The van der Waals surface area contributed by atoms with Gasteiger partial charge in [-0.3, -0.25) is 14.9 Å². The number of hydrogen-bond donors (Lipinski definition) is 2. The monoisotopic (exact) mass is 455 g/mol. The van der Waals surface area contributed by atoms with E-state index in [1.807, 2.05) is 42.5 Å². The van der Waals surface area contributed by atoms with Gasteiger partial charge in [-0.05, 0) is 29.8 Å². The van der Waals surface area contributed by atoms with Gasteiger partial charge < -0.3 is 14.6 Å². The first-order valence-corrected chi connectivity index (χ1v) is 11.0. The molecule has 0 unspecified atom stereocenters. The molecule has 2 aromatic heterocycles. The van der Waals surface area contributed by atoms with E-state index in [-0.39, 0.29) is 24.2 Å². The predicted molar refractivity (Wildman–Crippen MR) is 119 cm³/mol. The van der Waals surface area contributed by atoms with Gasteiger partial charge in [-0.15, -0.1) is 10.2 Å². The van der Waals surface area contributed by atoms with Crippen LogP contribution in [0.4, 0.5) is 10.9 Å². The molecule has 0 saturated heterocycles.